The number of methoxy groups -OCH3 is 1. The van der Waals surface area contributed by atoms with Crippen LogP contribution in [-0.4, -0.2) is 42.5 Å². The summed E-state index contributed by atoms with van der Waals surface area (Å²) in [6.45, 7) is 1.93. The minimum Gasteiger partial charge on any atom is -0.497 e. The highest BCUT2D eigenvalue weighted by molar-refractivity contribution is 7.80. The Morgan fingerprint density at radius 1 is 1.45 bits per heavy atom. The third-order valence-electron chi connectivity index (χ3n) is 3.38. The Kier molecular flexibility index (Phi) is 4.79. The number of rotatable bonds is 5. The zero-order valence-electron chi connectivity index (χ0n) is 11.5. The first-order valence-corrected chi connectivity index (χ1v) is 7.02. The summed E-state index contributed by atoms with van der Waals surface area (Å²) >= 11 is 5.02. The molecule has 1 aliphatic rings. The average molecular weight is 293 g/mol. The number of nitrogens with one attached hydrogen (secondary N) is 1. The number of nitrogens with two attached hydrogens (primary N) is 1. The fraction of sp³-hybridized carbons (Fsp3) is 0.429. The molecule has 1 fully saturated rings. The van der Waals surface area contributed by atoms with E-state index >= 15 is 0 Å². The van der Waals surface area contributed by atoms with Crippen molar-refractivity contribution in [3.05, 3.63) is 23.8 Å². The third-order valence-corrected chi connectivity index (χ3v) is 3.60. The normalized spacial score (nSPS) is 14.2. The Morgan fingerprint density at radius 2 is 2.15 bits per heavy atom. The fourth-order valence-corrected chi connectivity index (χ4v) is 2.44. The second kappa shape index (κ2) is 6.56. The van der Waals surface area contributed by atoms with Gasteiger partial charge in [0, 0.05) is 30.4 Å². The highest BCUT2D eigenvalue weighted by atomic mass is 32.1. The number of carbonyl (C=O) groups excluding carboxylic acids is 1. The Hall–Kier alpha value is -1.82. The van der Waals surface area contributed by atoms with Crippen molar-refractivity contribution in [3.63, 3.8) is 0 Å². The van der Waals surface area contributed by atoms with Gasteiger partial charge in [-0.2, -0.15) is 0 Å². The van der Waals surface area contributed by atoms with Gasteiger partial charge in [-0.05, 0) is 25.0 Å². The molecule has 1 amide bonds. The second-order valence-electron chi connectivity index (χ2n) is 4.72. The van der Waals surface area contributed by atoms with Gasteiger partial charge < -0.3 is 20.7 Å². The molecular weight excluding hydrogens is 274 g/mol. The van der Waals surface area contributed by atoms with Crippen molar-refractivity contribution < 1.29 is 9.53 Å². The standard InChI is InChI=1S/C14H19N3O2S/c1-19-10-4-5-11(14(15)20)12(8-10)16-9-13(18)17-6-2-3-7-17/h4-5,8,16H,2-3,6-7,9H2,1H3,(H2,15,20). The number of benzene rings is 1. The predicted octanol–water partition coefficient (Wildman–Crippen LogP) is 1.36. The molecular formula is C14H19N3O2S. The van der Waals surface area contributed by atoms with Crippen LogP contribution < -0.4 is 15.8 Å². The van der Waals surface area contributed by atoms with E-state index in [9.17, 15) is 4.79 Å². The van der Waals surface area contributed by atoms with E-state index in [1.807, 2.05) is 4.90 Å². The lowest BCUT2D eigenvalue weighted by molar-refractivity contribution is -0.128. The number of carbonyl (C=O) groups is 1. The number of ether oxygens (including phenoxy) is 1. The molecule has 0 saturated carbocycles. The van der Waals surface area contributed by atoms with Gasteiger partial charge in [0.15, 0.2) is 0 Å². The van der Waals surface area contributed by atoms with Crippen molar-refractivity contribution in [1.82, 2.24) is 4.90 Å². The van der Waals surface area contributed by atoms with Crippen molar-refractivity contribution >= 4 is 28.8 Å². The summed E-state index contributed by atoms with van der Waals surface area (Å²) in [6.07, 6.45) is 2.17. The maximum Gasteiger partial charge on any atom is 0.241 e. The van der Waals surface area contributed by atoms with E-state index in [0.717, 1.165) is 37.2 Å². The molecule has 20 heavy (non-hydrogen) atoms. The van der Waals surface area contributed by atoms with E-state index in [-0.39, 0.29) is 12.5 Å². The van der Waals surface area contributed by atoms with E-state index in [4.69, 9.17) is 22.7 Å². The van der Waals surface area contributed by atoms with Gasteiger partial charge in [-0.1, -0.05) is 12.2 Å². The van der Waals surface area contributed by atoms with Crippen LogP contribution >= 0.6 is 12.2 Å². The molecule has 0 bridgehead atoms. The van der Waals surface area contributed by atoms with Crippen LogP contribution in [0.15, 0.2) is 18.2 Å². The topological polar surface area (TPSA) is 67.6 Å². The Morgan fingerprint density at radius 3 is 2.75 bits per heavy atom. The van der Waals surface area contributed by atoms with Crippen molar-refractivity contribution in [2.75, 3.05) is 32.1 Å². The quantitative estimate of drug-likeness (QED) is 0.803. The Balaban J connectivity index is 2.06. The van der Waals surface area contributed by atoms with Gasteiger partial charge >= 0.3 is 0 Å². The van der Waals surface area contributed by atoms with Crippen LogP contribution in [0.2, 0.25) is 0 Å². The van der Waals surface area contributed by atoms with Crippen LogP contribution in [0.5, 0.6) is 5.75 Å². The first kappa shape index (κ1) is 14.6. The molecule has 1 aromatic carbocycles. The van der Waals surface area contributed by atoms with Gasteiger partial charge in [-0.3, -0.25) is 4.79 Å². The molecule has 6 heteroatoms. The molecule has 0 radical (unpaired) electrons. The largest absolute Gasteiger partial charge is 0.497 e. The van der Waals surface area contributed by atoms with E-state index < -0.39 is 0 Å². The average Bonchev–Trinajstić information content (AvgIpc) is 2.98. The number of nitrogens with zero attached hydrogens (tertiary/aromatic N) is 1. The van der Waals surface area contributed by atoms with E-state index in [1.54, 1.807) is 25.3 Å². The number of thiocarbonyl (C=S) groups is 1. The summed E-state index contributed by atoms with van der Waals surface area (Å²) in [5, 5.41) is 3.11. The zero-order chi connectivity index (χ0) is 14.5. The molecule has 0 aliphatic carbocycles. The molecule has 1 aromatic rings. The third kappa shape index (κ3) is 3.39. The van der Waals surface area contributed by atoms with Crippen LogP contribution in [0.1, 0.15) is 18.4 Å². The molecule has 5 nitrogen and oxygen atoms in total. The molecule has 1 heterocycles. The zero-order valence-corrected chi connectivity index (χ0v) is 12.3. The van der Waals surface area contributed by atoms with Crippen LogP contribution in [0, 0.1) is 0 Å². The van der Waals surface area contributed by atoms with Gasteiger partial charge in [0.05, 0.1) is 13.7 Å². The molecule has 0 aromatic heterocycles. The summed E-state index contributed by atoms with van der Waals surface area (Å²) in [4.78, 5) is 14.2. The predicted molar refractivity (Wildman–Crippen MR) is 83.2 cm³/mol. The van der Waals surface area contributed by atoms with Crippen LogP contribution in [0.3, 0.4) is 0 Å². The lowest BCUT2D eigenvalue weighted by Crippen LogP contribution is -2.33. The highest BCUT2D eigenvalue weighted by Crippen LogP contribution is 2.22. The Bertz CT molecular complexity index is 513. The number of hydrogen-bond acceptors (Lipinski definition) is 4. The van der Waals surface area contributed by atoms with Gasteiger partial charge in [-0.25, -0.2) is 0 Å². The maximum absolute atomic E-state index is 12.0. The second-order valence-corrected chi connectivity index (χ2v) is 5.16. The van der Waals surface area contributed by atoms with Crippen LogP contribution in [-0.2, 0) is 4.79 Å². The minimum absolute atomic E-state index is 0.0965. The summed E-state index contributed by atoms with van der Waals surface area (Å²) in [7, 11) is 1.59. The summed E-state index contributed by atoms with van der Waals surface area (Å²) in [6, 6.07) is 5.39. The molecule has 1 saturated heterocycles. The van der Waals surface area contributed by atoms with Crippen LogP contribution in [0.4, 0.5) is 5.69 Å². The van der Waals surface area contributed by atoms with E-state index in [0.29, 0.717) is 10.7 Å². The lowest BCUT2D eigenvalue weighted by Gasteiger charge is -2.17. The molecule has 0 spiro atoms. The SMILES string of the molecule is COc1ccc(C(N)=S)c(NCC(=O)N2CCCC2)c1. The molecule has 3 N–H and O–H groups in total. The molecule has 108 valence electrons. The Labute approximate surface area is 124 Å². The van der Waals surface area contributed by atoms with Crippen LogP contribution in [0.25, 0.3) is 0 Å². The van der Waals surface area contributed by atoms with Crippen molar-refractivity contribution in [1.29, 1.82) is 0 Å². The number of hydrogen-bond donors (Lipinski definition) is 2. The fourth-order valence-electron chi connectivity index (χ4n) is 2.26. The summed E-state index contributed by atoms with van der Waals surface area (Å²) in [5.74, 6) is 0.792. The first-order chi connectivity index (χ1) is 9.61. The number of anilines is 1. The molecule has 2 rings (SSSR count). The monoisotopic (exact) mass is 293 g/mol. The van der Waals surface area contributed by atoms with Crippen molar-refractivity contribution in [2.24, 2.45) is 5.73 Å². The van der Waals surface area contributed by atoms with Gasteiger partial charge in [0.1, 0.15) is 10.7 Å². The highest BCUT2D eigenvalue weighted by Gasteiger charge is 2.18. The number of amides is 1. The van der Waals surface area contributed by atoms with Gasteiger partial charge in [-0.15, -0.1) is 0 Å². The van der Waals surface area contributed by atoms with Crippen molar-refractivity contribution in [3.8, 4) is 5.75 Å². The molecule has 0 unspecified atom stereocenters. The first-order valence-electron chi connectivity index (χ1n) is 6.61. The molecule has 0 atom stereocenters. The number of likely N-dealkylation sites (tertiary alicyclic amines) is 1. The van der Waals surface area contributed by atoms with Crippen molar-refractivity contribution in [2.45, 2.75) is 12.8 Å². The van der Waals surface area contributed by atoms with E-state index in [1.165, 1.54) is 0 Å². The maximum atomic E-state index is 12.0. The van der Waals surface area contributed by atoms with E-state index in [2.05, 4.69) is 5.32 Å². The molecule has 1 aliphatic heterocycles. The summed E-state index contributed by atoms with van der Waals surface area (Å²) < 4.78 is 5.18. The van der Waals surface area contributed by atoms with Gasteiger partial charge in [0.25, 0.3) is 0 Å². The lowest BCUT2D eigenvalue weighted by atomic mass is 10.1. The smallest absolute Gasteiger partial charge is 0.241 e. The minimum atomic E-state index is 0.0965. The summed E-state index contributed by atoms with van der Waals surface area (Å²) in [5.41, 5.74) is 7.13. The van der Waals surface area contributed by atoms with Gasteiger partial charge in [0.2, 0.25) is 5.91 Å².